The monoisotopic (exact) mass is 769 g/mol. The molecule has 1 heterocycles. The smallest absolute Gasteiger partial charge is 0.160 e. The first-order valence-electron chi connectivity index (χ1n) is 19.3. The van der Waals surface area contributed by atoms with Crippen LogP contribution < -0.4 is 4.74 Å². The van der Waals surface area contributed by atoms with E-state index >= 15 is 0 Å². The SMILES string of the molecule is C=C(N=C(N=C(C)c1ccc(N=C(C)c2ccc(-c3cccc4c3sc3c(C(=C)Oc5ccccc5C)cccc34)cc2)c(C)c1)c1ccccc1)c1ccccc1. The highest BCUT2D eigenvalue weighted by Crippen LogP contribution is 2.43. The molecule has 4 nitrogen and oxygen atoms in total. The molecule has 0 radical (unpaired) electrons. The highest BCUT2D eigenvalue weighted by Gasteiger charge is 2.16. The molecule has 0 amide bonds. The molecule has 0 spiro atoms. The summed E-state index contributed by atoms with van der Waals surface area (Å²) in [4.78, 5) is 15.0. The summed E-state index contributed by atoms with van der Waals surface area (Å²) >= 11 is 1.79. The Morgan fingerprint density at radius 2 is 1.17 bits per heavy atom. The summed E-state index contributed by atoms with van der Waals surface area (Å²) in [6.07, 6.45) is 0. The molecule has 0 saturated carbocycles. The molecule has 0 atom stereocenters. The van der Waals surface area contributed by atoms with Crippen LogP contribution in [0.2, 0.25) is 0 Å². The van der Waals surface area contributed by atoms with Crippen LogP contribution in [0.4, 0.5) is 5.69 Å². The number of hydrogen-bond donors (Lipinski definition) is 0. The highest BCUT2D eigenvalue weighted by atomic mass is 32.1. The lowest BCUT2D eigenvalue weighted by atomic mass is 10.00. The van der Waals surface area contributed by atoms with Gasteiger partial charge in [0.15, 0.2) is 5.84 Å². The number of para-hydroxylation sites is 1. The molecule has 8 rings (SSSR count). The maximum atomic E-state index is 6.29. The Bertz CT molecular complexity index is 2920. The summed E-state index contributed by atoms with van der Waals surface area (Å²) in [6.45, 7) is 16.8. The second-order valence-electron chi connectivity index (χ2n) is 14.3. The maximum Gasteiger partial charge on any atom is 0.160 e. The van der Waals surface area contributed by atoms with Crippen LogP contribution in [0.25, 0.3) is 42.8 Å². The largest absolute Gasteiger partial charge is 0.457 e. The molecule has 8 aromatic rings. The average molecular weight is 770 g/mol. The van der Waals surface area contributed by atoms with Gasteiger partial charge in [-0.15, -0.1) is 11.3 Å². The van der Waals surface area contributed by atoms with Crippen LogP contribution in [-0.4, -0.2) is 17.3 Å². The lowest BCUT2D eigenvalue weighted by Gasteiger charge is -2.11. The van der Waals surface area contributed by atoms with Crippen LogP contribution in [0.15, 0.2) is 192 Å². The van der Waals surface area contributed by atoms with Gasteiger partial charge in [-0.2, -0.15) is 0 Å². The van der Waals surface area contributed by atoms with Gasteiger partial charge in [0, 0.05) is 42.7 Å². The molecule has 282 valence electrons. The van der Waals surface area contributed by atoms with Gasteiger partial charge in [0.05, 0.1) is 11.4 Å². The van der Waals surface area contributed by atoms with E-state index in [2.05, 4.69) is 119 Å². The molecule has 7 aromatic carbocycles. The molecule has 0 aliphatic carbocycles. The van der Waals surface area contributed by atoms with Gasteiger partial charge in [0.2, 0.25) is 0 Å². The van der Waals surface area contributed by atoms with Gasteiger partial charge in [0.25, 0.3) is 0 Å². The zero-order valence-corrected chi connectivity index (χ0v) is 34.0. The number of aryl methyl sites for hydroxylation is 2. The van der Waals surface area contributed by atoms with Crippen molar-refractivity contribution in [1.82, 2.24) is 0 Å². The first-order valence-corrected chi connectivity index (χ1v) is 20.1. The number of nitrogens with zero attached hydrogens (tertiary/aromatic N) is 3. The fraction of sp³-hybridized carbons (Fsp3) is 0.0755. The van der Waals surface area contributed by atoms with E-state index in [9.17, 15) is 0 Å². The molecule has 0 aliphatic heterocycles. The predicted molar refractivity (Wildman–Crippen MR) is 249 cm³/mol. The molecule has 0 aliphatic rings. The molecular formula is C53H43N3OS. The number of aliphatic imine (C=N–C) groups is 3. The number of amidine groups is 1. The zero-order valence-electron chi connectivity index (χ0n) is 33.2. The number of benzene rings is 7. The standard InChI is InChI=1S/C53H43N3OS/c1-34-17-13-14-26-50(34)57-39(6)45-22-15-24-47-48-25-16-23-46(52(48)58-51(45)47)42-29-27-41(28-30-42)36(3)54-49-32-31-44(33-35(49)2)38(5)56-53(43-20-11-8-12-21-43)55-37(4)40-18-9-7-10-19-40/h7-33H,4,6H2,1-3,5H3. The minimum Gasteiger partial charge on any atom is -0.457 e. The molecule has 5 heteroatoms. The van der Waals surface area contributed by atoms with Crippen molar-refractivity contribution in [1.29, 1.82) is 0 Å². The fourth-order valence-corrected chi connectivity index (χ4v) is 8.42. The van der Waals surface area contributed by atoms with E-state index in [4.69, 9.17) is 19.7 Å². The van der Waals surface area contributed by atoms with Gasteiger partial charge in [0.1, 0.15) is 11.5 Å². The Morgan fingerprint density at radius 3 is 1.88 bits per heavy atom. The second kappa shape index (κ2) is 16.6. The maximum absolute atomic E-state index is 6.29. The van der Waals surface area contributed by atoms with Crippen LogP contribution in [-0.2, 0) is 0 Å². The van der Waals surface area contributed by atoms with Gasteiger partial charge in [-0.3, -0.25) is 4.99 Å². The molecule has 0 bridgehead atoms. The Hall–Kier alpha value is -6.95. The summed E-state index contributed by atoms with van der Waals surface area (Å²) in [7, 11) is 0. The number of hydrogen-bond acceptors (Lipinski definition) is 4. The van der Waals surface area contributed by atoms with Crippen LogP contribution in [0, 0.1) is 13.8 Å². The number of rotatable bonds is 10. The van der Waals surface area contributed by atoms with E-state index in [0.29, 0.717) is 17.3 Å². The minimum atomic E-state index is 0.619. The third-order valence-corrected chi connectivity index (χ3v) is 11.6. The summed E-state index contributed by atoms with van der Waals surface area (Å²) in [5.41, 5.74) is 12.9. The quantitative estimate of drug-likeness (QED) is 0.0776. The van der Waals surface area contributed by atoms with Crippen molar-refractivity contribution >= 4 is 65.9 Å². The van der Waals surface area contributed by atoms with Crippen molar-refractivity contribution in [3.63, 3.8) is 0 Å². The molecule has 1 aromatic heterocycles. The van der Waals surface area contributed by atoms with E-state index in [0.717, 1.165) is 67.4 Å². The van der Waals surface area contributed by atoms with E-state index in [1.54, 1.807) is 11.3 Å². The van der Waals surface area contributed by atoms with Crippen molar-refractivity contribution in [2.75, 3.05) is 0 Å². The summed E-state index contributed by atoms with van der Waals surface area (Å²) in [6, 6.07) is 56.0. The van der Waals surface area contributed by atoms with Crippen molar-refractivity contribution in [3.05, 3.63) is 216 Å². The summed E-state index contributed by atoms with van der Waals surface area (Å²) in [5.74, 6) is 2.09. The molecule has 0 N–H and O–H groups in total. The third kappa shape index (κ3) is 7.99. The first kappa shape index (κ1) is 37.9. The average Bonchev–Trinajstić information content (AvgIpc) is 3.65. The fourth-order valence-electron chi connectivity index (χ4n) is 7.06. The molecular weight excluding hydrogens is 727 g/mol. The van der Waals surface area contributed by atoms with Crippen molar-refractivity contribution in [3.8, 4) is 16.9 Å². The van der Waals surface area contributed by atoms with E-state index in [1.807, 2.05) is 85.8 Å². The Morgan fingerprint density at radius 1 is 0.534 bits per heavy atom. The summed E-state index contributed by atoms with van der Waals surface area (Å²) in [5, 5.41) is 2.43. The highest BCUT2D eigenvalue weighted by molar-refractivity contribution is 7.26. The normalized spacial score (nSPS) is 12.2. The lowest BCUT2D eigenvalue weighted by Crippen LogP contribution is -2.04. The predicted octanol–water partition coefficient (Wildman–Crippen LogP) is 14.5. The van der Waals surface area contributed by atoms with E-state index < -0.39 is 0 Å². The third-order valence-electron chi connectivity index (χ3n) is 10.3. The zero-order chi connectivity index (χ0) is 40.2. The number of ether oxygens (including phenoxy) is 1. The van der Waals surface area contributed by atoms with Crippen LogP contribution >= 0.6 is 11.3 Å². The number of thiophene rings is 1. The second-order valence-corrected chi connectivity index (χ2v) is 15.4. The molecule has 0 saturated heterocycles. The van der Waals surface area contributed by atoms with Crippen molar-refractivity contribution in [2.45, 2.75) is 27.7 Å². The lowest BCUT2D eigenvalue weighted by molar-refractivity contribution is 0.513. The topological polar surface area (TPSA) is 46.3 Å². The summed E-state index contributed by atoms with van der Waals surface area (Å²) < 4.78 is 8.71. The van der Waals surface area contributed by atoms with Gasteiger partial charge >= 0.3 is 0 Å². The Kier molecular flexibility index (Phi) is 10.9. The van der Waals surface area contributed by atoms with Crippen LogP contribution in [0.1, 0.15) is 52.8 Å². The van der Waals surface area contributed by atoms with E-state index in [-0.39, 0.29) is 0 Å². The van der Waals surface area contributed by atoms with Crippen LogP contribution in [0.5, 0.6) is 5.75 Å². The minimum absolute atomic E-state index is 0.619. The van der Waals surface area contributed by atoms with Gasteiger partial charge < -0.3 is 4.74 Å². The van der Waals surface area contributed by atoms with Crippen molar-refractivity contribution < 1.29 is 4.74 Å². The van der Waals surface area contributed by atoms with E-state index in [1.165, 1.54) is 25.7 Å². The van der Waals surface area contributed by atoms with Gasteiger partial charge in [-0.1, -0.05) is 153 Å². The molecule has 58 heavy (non-hydrogen) atoms. The van der Waals surface area contributed by atoms with Gasteiger partial charge in [-0.05, 0) is 90.9 Å². The molecule has 0 fully saturated rings. The van der Waals surface area contributed by atoms with Crippen molar-refractivity contribution in [2.24, 2.45) is 15.0 Å². The molecule has 0 unspecified atom stereocenters. The number of fused-ring (bicyclic) bond motifs is 3. The first-order chi connectivity index (χ1) is 28.2. The van der Waals surface area contributed by atoms with Crippen LogP contribution in [0.3, 0.4) is 0 Å². The Balaban J connectivity index is 1.04. The Labute approximate surface area is 344 Å². The van der Waals surface area contributed by atoms with Gasteiger partial charge in [-0.25, -0.2) is 9.98 Å².